The fraction of sp³-hybridized carbons (Fsp3) is 0.381. The Morgan fingerprint density at radius 3 is 2.84 bits per heavy atom. The summed E-state index contributed by atoms with van der Waals surface area (Å²) in [5.74, 6) is 0.846. The van der Waals surface area contributed by atoms with Crippen molar-refractivity contribution in [3.63, 3.8) is 0 Å². The summed E-state index contributed by atoms with van der Waals surface area (Å²) < 4.78 is 0. The molecule has 1 aliphatic heterocycles. The first-order valence-electron chi connectivity index (χ1n) is 9.11. The topological polar surface area (TPSA) is 41.1 Å². The molecule has 4 heteroatoms. The summed E-state index contributed by atoms with van der Waals surface area (Å²) in [4.78, 5) is 14.2. The van der Waals surface area contributed by atoms with Crippen LogP contribution in [0.1, 0.15) is 53.1 Å². The molecule has 0 saturated heterocycles. The van der Waals surface area contributed by atoms with Gasteiger partial charge in [-0.05, 0) is 48.8 Å². The first-order chi connectivity index (χ1) is 12.2. The van der Waals surface area contributed by atoms with E-state index in [2.05, 4.69) is 42.7 Å². The molecule has 2 atom stereocenters. The summed E-state index contributed by atoms with van der Waals surface area (Å²) in [6.45, 7) is 4.33. The van der Waals surface area contributed by atoms with Crippen LogP contribution in [-0.2, 0) is 12.8 Å². The maximum absolute atomic E-state index is 12.8. The molecule has 2 aliphatic rings. The van der Waals surface area contributed by atoms with Crippen molar-refractivity contribution in [2.75, 3.05) is 5.32 Å². The molecule has 0 saturated carbocycles. The molecule has 2 N–H and O–H groups in total. The molecule has 2 heterocycles. The van der Waals surface area contributed by atoms with Crippen LogP contribution in [0.15, 0.2) is 35.9 Å². The summed E-state index contributed by atoms with van der Waals surface area (Å²) >= 11 is 1.79. The molecule has 130 valence electrons. The second kappa shape index (κ2) is 6.68. The van der Waals surface area contributed by atoms with Gasteiger partial charge in [0.1, 0.15) is 11.2 Å². The number of carbonyl (C=O) groups excluding carboxylic acids is 1. The van der Waals surface area contributed by atoms with Crippen LogP contribution in [-0.4, -0.2) is 12.1 Å². The van der Waals surface area contributed by atoms with E-state index in [9.17, 15) is 4.79 Å². The molecule has 3 nitrogen and oxygen atoms in total. The summed E-state index contributed by atoms with van der Waals surface area (Å²) in [5.41, 5.74) is 4.46. The molecule has 1 amide bonds. The Labute approximate surface area is 153 Å². The highest BCUT2D eigenvalue weighted by Crippen LogP contribution is 2.42. The lowest BCUT2D eigenvalue weighted by Crippen LogP contribution is -2.45. The van der Waals surface area contributed by atoms with Gasteiger partial charge in [-0.3, -0.25) is 4.79 Å². The number of rotatable bonds is 3. The number of carbonyl (C=O) groups is 1. The predicted molar refractivity (Wildman–Crippen MR) is 105 cm³/mol. The number of hydrogen-bond donors (Lipinski definition) is 2. The minimum absolute atomic E-state index is 0.0759. The second-order valence-electron chi connectivity index (χ2n) is 7.07. The van der Waals surface area contributed by atoms with Gasteiger partial charge >= 0.3 is 0 Å². The normalized spacial score (nSPS) is 22.6. The zero-order valence-electron chi connectivity index (χ0n) is 14.8. The molecule has 1 aromatic carbocycles. The third kappa shape index (κ3) is 3.11. The first-order valence-corrected chi connectivity index (χ1v) is 9.92. The largest absolute Gasteiger partial charge is 0.353 e. The molecule has 0 spiro atoms. The lowest BCUT2D eigenvalue weighted by atomic mass is 9.85. The van der Waals surface area contributed by atoms with E-state index in [1.165, 1.54) is 23.3 Å². The minimum atomic E-state index is -0.137. The Bertz CT molecular complexity index is 822. The van der Waals surface area contributed by atoms with Crippen molar-refractivity contribution >= 4 is 28.3 Å². The second-order valence-corrected chi connectivity index (χ2v) is 8.18. The number of benzene rings is 1. The third-order valence-corrected chi connectivity index (χ3v) is 6.56. The maximum Gasteiger partial charge on any atom is 0.256 e. The highest BCUT2D eigenvalue weighted by Gasteiger charge is 2.33. The zero-order chi connectivity index (χ0) is 17.4. The van der Waals surface area contributed by atoms with Gasteiger partial charge in [-0.25, -0.2) is 0 Å². The molecule has 1 aliphatic carbocycles. The fourth-order valence-corrected chi connectivity index (χ4v) is 5.23. The number of fused-ring (bicyclic) bond motifs is 3. The standard InChI is InChI=1S/C21H24N2OS/c1-3-14-9-10-16-17(12-14)25-21-18(16)20(24)22-19(23-21)13(2)11-15-7-5-4-6-8-15/h4-8,11,14,19,23H,3,9-10,12H2,1-2H3,(H,22,24)/b13-11+/t14-,19+/m0/s1. The fourth-order valence-electron chi connectivity index (χ4n) is 3.84. The Morgan fingerprint density at radius 1 is 1.28 bits per heavy atom. The van der Waals surface area contributed by atoms with Gasteiger partial charge in [-0.1, -0.05) is 49.8 Å². The van der Waals surface area contributed by atoms with E-state index < -0.39 is 0 Å². The molecule has 0 unspecified atom stereocenters. The van der Waals surface area contributed by atoms with Crippen LogP contribution in [0.4, 0.5) is 5.00 Å². The van der Waals surface area contributed by atoms with E-state index in [1.807, 2.05) is 18.2 Å². The summed E-state index contributed by atoms with van der Waals surface area (Å²) in [5, 5.41) is 7.75. The lowest BCUT2D eigenvalue weighted by Gasteiger charge is -2.27. The van der Waals surface area contributed by atoms with Crippen molar-refractivity contribution in [1.82, 2.24) is 5.32 Å². The van der Waals surface area contributed by atoms with Crippen LogP contribution >= 0.6 is 11.3 Å². The van der Waals surface area contributed by atoms with Crippen LogP contribution in [0.2, 0.25) is 0 Å². The number of nitrogens with one attached hydrogen (secondary N) is 2. The van der Waals surface area contributed by atoms with Gasteiger partial charge in [0, 0.05) is 4.88 Å². The minimum Gasteiger partial charge on any atom is -0.353 e. The number of thiophene rings is 1. The summed E-state index contributed by atoms with van der Waals surface area (Å²) in [6.07, 6.45) is 6.59. The van der Waals surface area contributed by atoms with Crippen LogP contribution in [0.5, 0.6) is 0 Å². The van der Waals surface area contributed by atoms with Crippen molar-refractivity contribution in [2.24, 2.45) is 5.92 Å². The monoisotopic (exact) mass is 352 g/mol. The quantitative estimate of drug-likeness (QED) is 0.829. The van der Waals surface area contributed by atoms with Crippen molar-refractivity contribution in [3.05, 3.63) is 57.5 Å². The predicted octanol–water partition coefficient (Wildman–Crippen LogP) is 4.85. The smallest absolute Gasteiger partial charge is 0.256 e. The van der Waals surface area contributed by atoms with Gasteiger partial charge in [-0.2, -0.15) is 0 Å². The highest BCUT2D eigenvalue weighted by atomic mass is 32.1. The van der Waals surface area contributed by atoms with Crippen LogP contribution < -0.4 is 10.6 Å². The van der Waals surface area contributed by atoms with E-state index >= 15 is 0 Å². The molecule has 0 fully saturated rings. The molecule has 1 aromatic heterocycles. The molecule has 0 bridgehead atoms. The van der Waals surface area contributed by atoms with Gasteiger partial charge in [0.15, 0.2) is 0 Å². The Kier molecular flexibility index (Phi) is 4.38. The van der Waals surface area contributed by atoms with E-state index in [1.54, 1.807) is 11.3 Å². The van der Waals surface area contributed by atoms with Gasteiger partial charge < -0.3 is 10.6 Å². The average molecular weight is 353 g/mol. The molecule has 2 aromatic rings. The molecule has 25 heavy (non-hydrogen) atoms. The highest BCUT2D eigenvalue weighted by molar-refractivity contribution is 7.16. The van der Waals surface area contributed by atoms with Crippen LogP contribution in [0.3, 0.4) is 0 Å². The number of anilines is 1. The molecular formula is C21H24N2OS. The van der Waals surface area contributed by atoms with Crippen molar-refractivity contribution in [2.45, 2.75) is 45.7 Å². The van der Waals surface area contributed by atoms with Crippen LogP contribution in [0, 0.1) is 5.92 Å². The van der Waals surface area contributed by atoms with E-state index in [4.69, 9.17) is 0 Å². The number of hydrogen-bond acceptors (Lipinski definition) is 3. The maximum atomic E-state index is 12.8. The zero-order valence-corrected chi connectivity index (χ0v) is 15.6. The van der Waals surface area contributed by atoms with Crippen molar-refractivity contribution < 1.29 is 4.79 Å². The first kappa shape index (κ1) is 16.4. The SMILES string of the molecule is CC[C@H]1CCc2c(sc3c2C(=O)N[C@@H](/C(C)=C/c2ccccc2)N3)C1. The van der Waals surface area contributed by atoms with E-state index in [0.717, 1.165) is 40.5 Å². The van der Waals surface area contributed by atoms with Gasteiger partial charge in [0.2, 0.25) is 0 Å². The summed E-state index contributed by atoms with van der Waals surface area (Å²) in [7, 11) is 0. The van der Waals surface area contributed by atoms with Crippen molar-refractivity contribution in [3.8, 4) is 0 Å². The van der Waals surface area contributed by atoms with Crippen molar-refractivity contribution in [1.29, 1.82) is 0 Å². The van der Waals surface area contributed by atoms with E-state index in [0.29, 0.717) is 0 Å². The molecule has 4 rings (SSSR count). The van der Waals surface area contributed by atoms with Gasteiger partial charge in [0.25, 0.3) is 5.91 Å². The van der Waals surface area contributed by atoms with Crippen LogP contribution in [0.25, 0.3) is 6.08 Å². The average Bonchev–Trinajstić information content (AvgIpc) is 3.00. The van der Waals surface area contributed by atoms with E-state index in [-0.39, 0.29) is 12.1 Å². The lowest BCUT2D eigenvalue weighted by molar-refractivity contribution is 0.0941. The van der Waals surface area contributed by atoms with Gasteiger partial charge in [-0.15, -0.1) is 11.3 Å². The molecule has 0 radical (unpaired) electrons. The third-order valence-electron chi connectivity index (χ3n) is 5.37. The van der Waals surface area contributed by atoms with Gasteiger partial charge in [0.05, 0.1) is 5.56 Å². The summed E-state index contributed by atoms with van der Waals surface area (Å²) in [6, 6.07) is 10.2. The number of amides is 1. The Hall–Kier alpha value is -2.07. The Morgan fingerprint density at radius 2 is 2.08 bits per heavy atom. The Balaban J connectivity index is 1.61. The molecular weight excluding hydrogens is 328 g/mol.